The van der Waals surface area contributed by atoms with Crippen LogP contribution in [0.5, 0.6) is 0 Å². The third kappa shape index (κ3) is 3.98. The van der Waals surface area contributed by atoms with Gasteiger partial charge in [0.1, 0.15) is 0 Å². The first-order valence-corrected chi connectivity index (χ1v) is 10.2. The number of nitrogen functional groups attached to an aromatic ring is 1. The molecule has 1 amide bonds. The second-order valence-corrected chi connectivity index (χ2v) is 7.78. The Hall–Kier alpha value is -2.79. The van der Waals surface area contributed by atoms with Gasteiger partial charge in [0, 0.05) is 29.2 Å². The Kier molecular flexibility index (Phi) is 5.12. The molecule has 0 atom stereocenters. The zero-order chi connectivity index (χ0) is 18.6. The maximum absolute atomic E-state index is 12.7. The summed E-state index contributed by atoms with van der Waals surface area (Å²) >= 11 is 1.66. The van der Waals surface area contributed by atoms with Crippen LogP contribution in [0.4, 0.5) is 17.1 Å². The van der Waals surface area contributed by atoms with E-state index in [4.69, 9.17) is 5.73 Å². The van der Waals surface area contributed by atoms with Crippen LogP contribution in [0.3, 0.4) is 0 Å². The average Bonchev–Trinajstić information content (AvgIpc) is 3.25. The number of thiophene rings is 1. The van der Waals surface area contributed by atoms with Gasteiger partial charge in [-0.15, -0.1) is 11.3 Å². The lowest BCUT2D eigenvalue weighted by Gasteiger charge is -2.28. The Labute approximate surface area is 163 Å². The predicted octanol–water partition coefficient (Wildman–Crippen LogP) is 5.24. The second kappa shape index (κ2) is 7.84. The molecule has 2 heterocycles. The molecule has 0 saturated carbocycles. The maximum Gasteiger partial charge on any atom is 0.255 e. The van der Waals surface area contributed by atoms with E-state index in [0.717, 1.165) is 23.5 Å². The van der Waals surface area contributed by atoms with E-state index in [1.165, 1.54) is 24.9 Å². The SMILES string of the molecule is Nc1ccc(-c2cccs2)cc1NC(=O)c1ccc(N2CCCCC2)cc1. The fourth-order valence-electron chi connectivity index (χ4n) is 3.43. The average molecular weight is 378 g/mol. The van der Waals surface area contributed by atoms with E-state index >= 15 is 0 Å². The fourth-order valence-corrected chi connectivity index (χ4v) is 4.15. The molecule has 0 spiro atoms. The van der Waals surface area contributed by atoms with Crippen molar-refractivity contribution in [3.63, 3.8) is 0 Å². The Morgan fingerprint density at radius 1 is 1.00 bits per heavy atom. The monoisotopic (exact) mass is 377 g/mol. The molecule has 1 fully saturated rings. The van der Waals surface area contributed by atoms with Crippen molar-refractivity contribution < 1.29 is 4.79 Å². The van der Waals surface area contributed by atoms with Crippen molar-refractivity contribution in [2.24, 2.45) is 0 Å². The number of hydrogen-bond donors (Lipinski definition) is 2. The quantitative estimate of drug-likeness (QED) is 0.611. The van der Waals surface area contributed by atoms with Gasteiger partial charge in [-0.1, -0.05) is 12.1 Å². The highest BCUT2D eigenvalue weighted by Crippen LogP contribution is 2.30. The lowest BCUT2D eigenvalue weighted by atomic mass is 10.1. The van der Waals surface area contributed by atoms with Crippen LogP contribution in [-0.4, -0.2) is 19.0 Å². The summed E-state index contributed by atoms with van der Waals surface area (Å²) in [5.41, 5.74) is 10.2. The Morgan fingerprint density at radius 3 is 2.48 bits per heavy atom. The van der Waals surface area contributed by atoms with Gasteiger partial charge in [-0.25, -0.2) is 0 Å². The summed E-state index contributed by atoms with van der Waals surface area (Å²) < 4.78 is 0. The molecule has 0 aliphatic carbocycles. The summed E-state index contributed by atoms with van der Waals surface area (Å²) in [6.07, 6.45) is 3.78. The number of carbonyl (C=O) groups excluding carboxylic acids is 1. The number of amides is 1. The van der Waals surface area contributed by atoms with Gasteiger partial charge >= 0.3 is 0 Å². The fraction of sp³-hybridized carbons (Fsp3) is 0.227. The second-order valence-electron chi connectivity index (χ2n) is 6.83. The highest BCUT2D eigenvalue weighted by Gasteiger charge is 2.13. The van der Waals surface area contributed by atoms with Crippen LogP contribution < -0.4 is 16.0 Å². The molecule has 0 bridgehead atoms. The molecular weight excluding hydrogens is 354 g/mol. The predicted molar refractivity (Wildman–Crippen MR) is 115 cm³/mol. The first kappa shape index (κ1) is 17.6. The molecule has 4 rings (SSSR count). The number of benzene rings is 2. The Morgan fingerprint density at radius 2 is 1.78 bits per heavy atom. The van der Waals surface area contributed by atoms with Gasteiger partial charge in [0.05, 0.1) is 11.4 Å². The molecule has 5 heteroatoms. The van der Waals surface area contributed by atoms with Crippen LogP contribution in [0.2, 0.25) is 0 Å². The van der Waals surface area contributed by atoms with Gasteiger partial charge in [-0.3, -0.25) is 4.79 Å². The number of piperidine rings is 1. The number of anilines is 3. The zero-order valence-electron chi connectivity index (χ0n) is 15.2. The lowest BCUT2D eigenvalue weighted by molar-refractivity contribution is 0.102. The normalized spacial score (nSPS) is 14.1. The molecule has 3 aromatic rings. The molecule has 3 N–H and O–H groups in total. The minimum atomic E-state index is -0.143. The molecule has 0 radical (unpaired) electrons. The third-order valence-electron chi connectivity index (χ3n) is 4.96. The van der Waals surface area contributed by atoms with Gasteiger partial charge in [-0.2, -0.15) is 0 Å². The maximum atomic E-state index is 12.7. The number of nitrogens with one attached hydrogen (secondary N) is 1. The molecule has 4 nitrogen and oxygen atoms in total. The van der Waals surface area contributed by atoms with E-state index in [9.17, 15) is 4.79 Å². The largest absolute Gasteiger partial charge is 0.397 e. The van der Waals surface area contributed by atoms with E-state index in [1.54, 1.807) is 11.3 Å². The summed E-state index contributed by atoms with van der Waals surface area (Å²) in [6, 6.07) is 17.7. The number of nitrogens with zero attached hydrogens (tertiary/aromatic N) is 1. The molecule has 1 aromatic heterocycles. The number of carbonyl (C=O) groups is 1. The van der Waals surface area contributed by atoms with Crippen molar-refractivity contribution in [3.05, 3.63) is 65.5 Å². The molecular formula is C22H23N3OS. The van der Waals surface area contributed by atoms with Gasteiger partial charge in [0.25, 0.3) is 5.91 Å². The van der Waals surface area contributed by atoms with Crippen LogP contribution in [0.25, 0.3) is 10.4 Å². The number of rotatable bonds is 4. The molecule has 0 unspecified atom stereocenters. The minimum Gasteiger partial charge on any atom is -0.397 e. The van der Waals surface area contributed by atoms with Gasteiger partial charge in [-0.05, 0) is 72.7 Å². The van der Waals surface area contributed by atoms with E-state index in [1.807, 2.05) is 53.9 Å². The van der Waals surface area contributed by atoms with Crippen molar-refractivity contribution in [1.82, 2.24) is 0 Å². The van der Waals surface area contributed by atoms with Crippen molar-refractivity contribution in [1.29, 1.82) is 0 Å². The van der Waals surface area contributed by atoms with Crippen LogP contribution in [0.1, 0.15) is 29.6 Å². The summed E-state index contributed by atoms with van der Waals surface area (Å²) in [7, 11) is 0. The van der Waals surface area contributed by atoms with E-state index in [2.05, 4.69) is 16.3 Å². The van der Waals surface area contributed by atoms with Crippen LogP contribution in [0, 0.1) is 0 Å². The smallest absolute Gasteiger partial charge is 0.255 e. The summed E-state index contributed by atoms with van der Waals surface area (Å²) in [5.74, 6) is -0.143. The molecule has 1 aliphatic heterocycles. The van der Waals surface area contributed by atoms with Crippen LogP contribution in [0.15, 0.2) is 60.0 Å². The van der Waals surface area contributed by atoms with E-state index in [0.29, 0.717) is 16.9 Å². The zero-order valence-corrected chi connectivity index (χ0v) is 16.0. The Bertz CT molecular complexity index is 913. The summed E-state index contributed by atoms with van der Waals surface area (Å²) in [4.78, 5) is 16.2. The standard InChI is InChI=1S/C22H23N3OS/c23-19-11-8-17(21-5-4-14-27-21)15-20(19)24-22(26)16-6-9-18(10-7-16)25-12-2-1-3-13-25/h4-11,14-15H,1-3,12-13,23H2,(H,24,26). The summed E-state index contributed by atoms with van der Waals surface area (Å²) in [5, 5.41) is 4.99. The van der Waals surface area contributed by atoms with Crippen molar-refractivity contribution in [2.45, 2.75) is 19.3 Å². The number of hydrogen-bond acceptors (Lipinski definition) is 4. The summed E-state index contributed by atoms with van der Waals surface area (Å²) in [6.45, 7) is 2.19. The van der Waals surface area contributed by atoms with Crippen molar-refractivity contribution in [3.8, 4) is 10.4 Å². The highest BCUT2D eigenvalue weighted by atomic mass is 32.1. The van der Waals surface area contributed by atoms with Crippen LogP contribution >= 0.6 is 11.3 Å². The molecule has 1 saturated heterocycles. The number of nitrogens with two attached hydrogens (primary N) is 1. The molecule has 1 aliphatic rings. The highest BCUT2D eigenvalue weighted by molar-refractivity contribution is 7.13. The molecule has 138 valence electrons. The first-order valence-electron chi connectivity index (χ1n) is 9.30. The molecule has 27 heavy (non-hydrogen) atoms. The van der Waals surface area contributed by atoms with E-state index in [-0.39, 0.29) is 5.91 Å². The van der Waals surface area contributed by atoms with E-state index < -0.39 is 0 Å². The topological polar surface area (TPSA) is 58.4 Å². The van der Waals surface area contributed by atoms with Crippen molar-refractivity contribution in [2.75, 3.05) is 29.0 Å². The van der Waals surface area contributed by atoms with Crippen LogP contribution in [-0.2, 0) is 0 Å². The first-order chi connectivity index (χ1) is 13.2. The van der Waals surface area contributed by atoms with Crippen molar-refractivity contribution >= 4 is 34.3 Å². The Balaban J connectivity index is 1.49. The third-order valence-corrected chi connectivity index (χ3v) is 5.88. The lowest BCUT2D eigenvalue weighted by Crippen LogP contribution is -2.29. The van der Waals surface area contributed by atoms with Gasteiger partial charge in [0.2, 0.25) is 0 Å². The van der Waals surface area contributed by atoms with Gasteiger partial charge in [0.15, 0.2) is 0 Å². The van der Waals surface area contributed by atoms with Gasteiger partial charge < -0.3 is 16.0 Å². The molecule has 2 aromatic carbocycles. The minimum absolute atomic E-state index is 0.143.